The van der Waals surface area contributed by atoms with Crippen LogP contribution in [0.2, 0.25) is 0 Å². The van der Waals surface area contributed by atoms with Gasteiger partial charge in [-0.15, -0.1) is 0 Å². The fraction of sp³-hybridized carbons (Fsp3) is 0. The van der Waals surface area contributed by atoms with E-state index < -0.39 is 0 Å². The molecule has 1 N–H and O–H groups in total. The molecule has 0 spiro atoms. The Labute approximate surface area is 171 Å². The van der Waals surface area contributed by atoms with Crippen LogP contribution < -0.4 is 0 Å². The number of aromatic amines is 1. The summed E-state index contributed by atoms with van der Waals surface area (Å²) in [6.07, 6.45) is 0. The van der Waals surface area contributed by atoms with Crippen molar-refractivity contribution in [2.24, 2.45) is 0 Å². The maximum absolute atomic E-state index is 3.67. The summed E-state index contributed by atoms with van der Waals surface area (Å²) in [6, 6.07) is 33.2. The van der Waals surface area contributed by atoms with E-state index in [-0.39, 0.29) is 0 Å². The molecule has 3 aromatic heterocycles. The van der Waals surface area contributed by atoms with Gasteiger partial charge in [-0.1, -0.05) is 72.8 Å². The monoisotopic (exact) mass is 380 g/mol. The molecular weight excluding hydrogens is 364 g/mol. The topological polar surface area (TPSA) is 20.2 Å². The summed E-state index contributed by atoms with van der Waals surface area (Å²) in [4.78, 5) is 3.67. The van der Waals surface area contributed by atoms with Crippen molar-refractivity contribution in [1.82, 2.24) is 9.38 Å². The number of aromatic nitrogens is 2. The number of rotatable bonds is 0. The van der Waals surface area contributed by atoms with Gasteiger partial charge in [0.25, 0.3) is 0 Å². The van der Waals surface area contributed by atoms with E-state index in [1.807, 2.05) is 0 Å². The first-order valence-electron chi connectivity index (χ1n) is 10.4. The molecule has 2 nitrogen and oxygen atoms in total. The van der Waals surface area contributed by atoms with Gasteiger partial charge in [-0.25, -0.2) is 0 Å². The number of para-hydroxylation sites is 3. The third kappa shape index (κ3) is 1.56. The number of hydrogen-bond donors (Lipinski definition) is 1. The third-order valence-corrected chi connectivity index (χ3v) is 6.86. The molecule has 0 atom stereocenters. The van der Waals surface area contributed by atoms with E-state index in [9.17, 15) is 0 Å². The molecule has 0 aliphatic heterocycles. The average Bonchev–Trinajstić information content (AvgIpc) is 3.45. The predicted molar refractivity (Wildman–Crippen MR) is 128 cm³/mol. The van der Waals surface area contributed by atoms with Crippen molar-refractivity contribution < 1.29 is 0 Å². The third-order valence-electron chi connectivity index (χ3n) is 6.86. The lowest BCUT2D eigenvalue weighted by Gasteiger charge is -2.04. The molecule has 8 rings (SSSR count). The van der Waals surface area contributed by atoms with Gasteiger partial charge in [0.1, 0.15) is 0 Å². The zero-order valence-corrected chi connectivity index (χ0v) is 16.1. The molecule has 0 saturated carbocycles. The van der Waals surface area contributed by atoms with Gasteiger partial charge in [-0.3, -0.25) is 0 Å². The van der Waals surface area contributed by atoms with Crippen LogP contribution in [0.25, 0.3) is 70.7 Å². The van der Waals surface area contributed by atoms with Crippen molar-refractivity contribution in [2.45, 2.75) is 0 Å². The van der Waals surface area contributed by atoms with Crippen LogP contribution in [0.4, 0.5) is 0 Å². The molecule has 138 valence electrons. The Kier molecular flexibility index (Phi) is 2.44. The summed E-state index contributed by atoms with van der Waals surface area (Å²) in [5.74, 6) is 0. The first-order valence-corrected chi connectivity index (χ1v) is 10.4. The van der Waals surface area contributed by atoms with Crippen molar-refractivity contribution in [3.8, 4) is 0 Å². The van der Waals surface area contributed by atoms with E-state index in [2.05, 4.69) is 100 Å². The molecule has 0 aliphatic rings. The maximum Gasteiger partial charge on any atom is 0.0620 e. The Morgan fingerprint density at radius 2 is 1.17 bits per heavy atom. The number of fused-ring (bicyclic) bond motifs is 12. The molecule has 0 unspecified atom stereocenters. The molecule has 0 aliphatic carbocycles. The second kappa shape index (κ2) is 4.92. The van der Waals surface area contributed by atoms with Crippen molar-refractivity contribution in [3.05, 3.63) is 91.0 Å². The summed E-state index contributed by atoms with van der Waals surface area (Å²) in [6.45, 7) is 0. The van der Waals surface area contributed by atoms with Crippen LogP contribution in [0.3, 0.4) is 0 Å². The van der Waals surface area contributed by atoms with Gasteiger partial charge < -0.3 is 9.38 Å². The lowest BCUT2D eigenvalue weighted by atomic mass is 10.00. The van der Waals surface area contributed by atoms with Crippen molar-refractivity contribution in [1.29, 1.82) is 0 Å². The molecule has 30 heavy (non-hydrogen) atoms. The molecule has 0 fully saturated rings. The Morgan fingerprint density at radius 1 is 0.467 bits per heavy atom. The minimum Gasteiger partial charge on any atom is -0.354 e. The van der Waals surface area contributed by atoms with Crippen LogP contribution in [0.1, 0.15) is 0 Å². The number of benzene rings is 5. The van der Waals surface area contributed by atoms with Gasteiger partial charge >= 0.3 is 0 Å². The van der Waals surface area contributed by atoms with Crippen LogP contribution >= 0.6 is 0 Å². The van der Waals surface area contributed by atoms with E-state index in [0.29, 0.717) is 0 Å². The van der Waals surface area contributed by atoms with Crippen molar-refractivity contribution in [2.75, 3.05) is 0 Å². The van der Waals surface area contributed by atoms with Crippen LogP contribution in [0.15, 0.2) is 91.0 Å². The molecule has 0 bridgehead atoms. The SMILES string of the molecule is c1ccc2c(c1)[nH]c1c2ccc2c1ccc1c2c2cccc3c4ccccc4n1c32. The zero-order valence-electron chi connectivity index (χ0n) is 16.1. The normalized spacial score (nSPS) is 12.7. The lowest BCUT2D eigenvalue weighted by molar-refractivity contribution is 1.37. The van der Waals surface area contributed by atoms with Crippen LogP contribution in [0.5, 0.6) is 0 Å². The average molecular weight is 380 g/mol. The number of nitrogens with zero attached hydrogens (tertiary/aromatic N) is 1. The molecule has 2 heteroatoms. The summed E-state index contributed by atoms with van der Waals surface area (Å²) in [5, 5.41) is 10.5. The Hall–Kier alpha value is -4.04. The molecule has 0 saturated heterocycles. The molecule has 8 aromatic rings. The molecule has 0 amide bonds. The van der Waals surface area contributed by atoms with Crippen LogP contribution in [0, 0.1) is 0 Å². The quantitative estimate of drug-likeness (QED) is 0.279. The Balaban J connectivity index is 1.67. The lowest BCUT2D eigenvalue weighted by Crippen LogP contribution is -1.82. The van der Waals surface area contributed by atoms with Crippen molar-refractivity contribution >= 4 is 70.7 Å². The second-order valence-electron chi connectivity index (χ2n) is 8.27. The number of H-pyrrole nitrogens is 1. The minimum absolute atomic E-state index is 1.19. The predicted octanol–water partition coefficient (Wildman–Crippen LogP) is 7.62. The van der Waals surface area contributed by atoms with Gasteiger partial charge in [0.05, 0.1) is 22.1 Å². The second-order valence-corrected chi connectivity index (χ2v) is 8.27. The standard InChI is InChI=1S/C28H16N2/c1-3-10-23-16(6-1)19-13-12-18-20(27(19)29-23)14-15-25-26(18)22-9-5-8-21-17-7-2-4-11-24(17)30(25)28(21)22/h1-15,29H. The van der Waals surface area contributed by atoms with E-state index in [1.165, 1.54) is 70.7 Å². The van der Waals surface area contributed by atoms with E-state index in [0.717, 1.165) is 0 Å². The van der Waals surface area contributed by atoms with Gasteiger partial charge in [-0.05, 0) is 23.6 Å². The summed E-state index contributed by atoms with van der Waals surface area (Å²) >= 11 is 0. The summed E-state index contributed by atoms with van der Waals surface area (Å²) in [5.41, 5.74) is 6.32. The van der Waals surface area contributed by atoms with E-state index in [4.69, 9.17) is 0 Å². The highest BCUT2D eigenvalue weighted by Crippen LogP contribution is 2.43. The Bertz CT molecular complexity index is 1950. The smallest absolute Gasteiger partial charge is 0.0620 e. The highest BCUT2D eigenvalue weighted by atomic mass is 14.9. The first kappa shape index (κ1) is 14.9. The highest BCUT2D eigenvalue weighted by molar-refractivity contribution is 6.31. The largest absolute Gasteiger partial charge is 0.354 e. The summed E-state index contributed by atoms with van der Waals surface area (Å²) in [7, 11) is 0. The van der Waals surface area contributed by atoms with Gasteiger partial charge in [-0.2, -0.15) is 0 Å². The fourth-order valence-corrected chi connectivity index (χ4v) is 5.65. The molecular formula is C28H16N2. The highest BCUT2D eigenvalue weighted by Gasteiger charge is 2.19. The van der Waals surface area contributed by atoms with Crippen LogP contribution in [-0.4, -0.2) is 9.38 Å². The minimum atomic E-state index is 1.19. The van der Waals surface area contributed by atoms with Gasteiger partial charge in [0.2, 0.25) is 0 Å². The Morgan fingerprint density at radius 3 is 2.13 bits per heavy atom. The van der Waals surface area contributed by atoms with E-state index >= 15 is 0 Å². The van der Waals surface area contributed by atoms with Crippen LogP contribution in [-0.2, 0) is 0 Å². The summed E-state index contributed by atoms with van der Waals surface area (Å²) < 4.78 is 2.45. The number of hydrogen-bond acceptors (Lipinski definition) is 0. The van der Waals surface area contributed by atoms with Gasteiger partial charge in [0.15, 0.2) is 0 Å². The van der Waals surface area contributed by atoms with E-state index in [1.54, 1.807) is 0 Å². The maximum atomic E-state index is 3.67. The molecule has 3 heterocycles. The zero-order chi connectivity index (χ0) is 19.4. The first-order chi connectivity index (χ1) is 14.9. The number of nitrogens with one attached hydrogen (secondary N) is 1. The van der Waals surface area contributed by atoms with Crippen molar-refractivity contribution in [3.63, 3.8) is 0 Å². The fourth-order valence-electron chi connectivity index (χ4n) is 5.65. The molecule has 5 aromatic carbocycles. The van der Waals surface area contributed by atoms with Gasteiger partial charge in [0, 0.05) is 43.2 Å². The molecule has 0 radical (unpaired) electrons.